The summed E-state index contributed by atoms with van der Waals surface area (Å²) in [6.45, 7) is 5.05. The van der Waals surface area contributed by atoms with Gasteiger partial charge in [-0.25, -0.2) is 13.4 Å². The van der Waals surface area contributed by atoms with Gasteiger partial charge in [-0.05, 0) is 74.0 Å². The third kappa shape index (κ3) is 6.21. The van der Waals surface area contributed by atoms with Gasteiger partial charge in [-0.1, -0.05) is 0 Å². The van der Waals surface area contributed by atoms with Crippen molar-refractivity contribution in [3.63, 3.8) is 0 Å². The van der Waals surface area contributed by atoms with Crippen LogP contribution in [-0.2, 0) is 16.6 Å². The zero-order valence-electron chi connectivity index (χ0n) is 17.9. The number of carbonyl (C=O) groups is 1. The Morgan fingerprint density at radius 2 is 1.62 bits per heavy atom. The van der Waals surface area contributed by atoms with Crippen LogP contribution in [0.3, 0.4) is 0 Å². The van der Waals surface area contributed by atoms with E-state index < -0.39 is 10.0 Å². The van der Waals surface area contributed by atoms with Crippen molar-refractivity contribution in [2.45, 2.75) is 25.3 Å². The average Bonchev–Trinajstić information content (AvgIpc) is 2.79. The molecule has 1 heterocycles. The summed E-state index contributed by atoms with van der Waals surface area (Å²) in [5.41, 5.74) is 1.62. The monoisotopic (exact) mass is 455 g/mol. The summed E-state index contributed by atoms with van der Waals surface area (Å²) < 4.78 is 38.3. The maximum absolute atomic E-state index is 12.6. The first kappa shape index (κ1) is 23.1. The third-order valence-corrected chi connectivity index (χ3v) is 5.79. The molecule has 8 nitrogen and oxygen atoms in total. The molecule has 0 atom stereocenters. The van der Waals surface area contributed by atoms with Crippen LogP contribution in [0.1, 0.15) is 29.8 Å². The lowest BCUT2D eigenvalue weighted by atomic mass is 10.2. The van der Waals surface area contributed by atoms with E-state index in [1.165, 1.54) is 12.1 Å². The Hall–Kier alpha value is -3.59. The highest BCUT2D eigenvalue weighted by Gasteiger charge is 2.15. The van der Waals surface area contributed by atoms with Crippen LogP contribution in [0, 0.1) is 0 Å². The van der Waals surface area contributed by atoms with Gasteiger partial charge in [-0.15, -0.1) is 0 Å². The minimum atomic E-state index is -3.76. The molecule has 0 aliphatic heterocycles. The molecular weight excluding hydrogens is 430 g/mol. The number of amides is 1. The molecule has 0 aliphatic rings. The molecule has 1 amide bonds. The van der Waals surface area contributed by atoms with Crippen LogP contribution in [0.25, 0.3) is 0 Å². The maximum Gasteiger partial charge on any atom is 0.261 e. The second-order valence-corrected chi connectivity index (χ2v) is 8.39. The number of carbonyl (C=O) groups excluding carboxylic acids is 1. The van der Waals surface area contributed by atoms with Gasteiger partial charge in [0, 0.05) is 30.1 Å². The van der Waals surface area contributed by atoms with E-state index in [-0.39, 0.29) is 10.8 Å². The van der Waals surface area contributed by atoms with Crippen LogP contribution in [0.4, 0.5) is 5.69 Å². The smallest absolute Gasteiger partial charge is 0.261 e. The van der Waals surface area contributed by atoms with Crippen molar-refractivity contribution in [1.82, 2.24) is 10.3 Å². The van der Waals surface area contributed by atoms with Gasteiger partial charge in [0.25, 0.3) is 15.9 Å². The summed E-state index contributed by atoms with van der Waals surface area (Å²) >= 11 is 0. The van der Waals surface area contributed by atoms with Gasteiger partial charge in [-0.2, -0.15) is 0 Å². The molecule has 0 spiro atoms. The van der Waals surface area contributed by atoms with Gasteiger partial charge in [0.05, 0.1) is 18.1 Å². The number of aromatic nitrogens is 1. The highest BCUT2D eigenvalue weighted by Crippen LogP contribution is 2.20. The summed E-state index contributed by atoms with van der Waals surface area (Å²) in [5, 5.41) is 2.82. The molecule has 0 aliphatic carbocycles. The SMILES string of the molecule is CCOc1ccc(S(=O)(=O)Nc2ccc(C(=O)NCc3ccnc(OCC)c3)cc2)cc1. The van der Waals surface area contributed by atoms with Crippen molar-refractivity contribution in [3.8, 4) is 11.6 Å². The highest BCUT2D eigenvalue weighted by atomic mass is 32.2. The number of nitrogens with zero attached hydrogens (tertiary/aromatic N) is 1. The van der Waals surface area contributed by atoms with Gasteiger partial charge in [0.2, 0.25) is 5.88 Å². The van der Waals surface area contributed by atoms with Gasteiger partial charge in [0.1, 0.15) is 5.75 Å². The van der Waals surface area contributed by atoms with Gasteiger partial charge >= 0.3 is 0 Å². The molecule has 0 saturated heterocycles. The van der Waals surface area contributed by atoms with Crippen molar-refractivity contribution in [1.29, 1.82) is 0 Å². The Morgan fingerprint density at radius 1 is 0.938 bits per heavy atom. The first-order valence-electron chi connectivity index (χ1n) is 10.1. The van der Waals surface area contributed by atoms with Crippen LogP contribution >= 0.6 is 0 Å². The zero-order chi connectivity index (χ0) is 23.0. The summed E-state index contributed by atoms with van der Waals surface area (Å²) in [5.74, 6) is 0.826. The average molecular weight is 456 g/mol. The topological polar surface area (TPSA) is 107 Å². The van der Waals surface area contributed by atoms with E-state index in [1.54, 1.807) is 54.7 Å². The van der Waals surface area contributed by atoms with Crippen LogP contribution in [0.2, 0.25) is 0 Å². The molecule has 2 aromatic carbocycles. The van der Waals surface area contributed by atoms with Crippen molar-refractivity contribution in [3.05, 3.63) is 78.0 Å². The van der Waals surface area contributed by atoms with Crippen LogP contribution < -0.4 is 19.5 Å². The van der Waals surface area contributed by atoms with Gasteiger partial charge in [-0.3, -0.25) is 9.52 Å². The first-order valence-corrected chi connectivity index (χ1v) is 11.6. The van der Waals surface area contributed by atoms with Gasteiger partial charge in [0.15, 0.2) is 0 Å². The van der Waals surface area contributed by atoms with Crippen LogP contribution in [0.15, 0.2) is 71.8 Å². The predicted octanol–water partition coefficient (Wildman–Crippen LogP) is 3.61. The zero-order valence-corrected chi connectivity index (χ0v) is 18.7. The number of pyridine rings is 1. The molecule has 0 radical (unpaired) electrons. The molecule has 0 unspecified atom stereocenters. The molecule has 168 valence electrons. The highest BCUT2D eigenvalue weighted by molar-refractivity contribution is 7.92. The van der Waals surface area contributed by atoms with E-state index in [2.05, 4.69) is 15.0 Å². The molecule has 0 fully saturated rings. The molecule has 1 aromatic heterocycles. The molecule has 0 saturated carbocycles. The Bertz CT molecular complexity index is 1150. The van der Waals surface area contributed by atoms with Gasteiger partial charge < -0.3 is 14.8 Å². The fourth-order valence-corrected chi connectivity index (χ4v) is 3.92. The van der Waals surface area contributed by atoms with Crippen molar-refractivity contribution in [2.75, 3.05) is 17.9 Å². The number of benzene rings is 2. The van der Waals surface area contributed by atoms with Crippen molar-refractivity contribution < 1.29 is 22.7 Å². The largest absolute Gasteiger partial charge is 0.494 e. The number of ether oxygens (including phenoxy) is 2. The van der Waals surface area contributed by atoms with Crippen molar-refractivity contribution in [2.24, 2.45) is 0 Å². The molecule has 2 N–H and O–H groups in total. The fraction of sp³-hybridized carbons (Fsp3) is 0.217. The standard InChI is InChI=1S/C23H25N3O5S/c1-3-30-20-9-11-21(12-10-20)32(28,29)26-19-7-5-18(6-8-19)23(27)25-16-17-13-14-24-22(15-17)31-4-2/h5-15,26H,3-4,16H2,1-2H3,(H,25,27). The van der Waals surface area contributed by atoms with E-state index in [4.69, 9.17) is 9.47 Å². The fourth-order valence-electron chi connectivity index (χ4n) is 2.86. The lowest BCUT2D eigenvalue weighted by molar-refractivity contribution is 0.0951. The normalized spacial score (nSPS) is 10.9. The minimum absolute atomic E-state index is 0.117. The molecule has 3 aromatic rings. The van der Waals surface area contributed by atoms with Crippen molar-refractivity contribution >= 4 is 21.6 Å². The van der Waals surface area contributed by atoms with E-state index in [0.29, 0.717) is 42.6 Å². The second-order valence-electron chi connectivity index (χ2n) is 6.71. The number of hydrogen-bond donors (Lipinski definition) is 2. The number of rotatable bonds is 10. The minimum Gasteiger partial charge on any atom is -0.494 e. The van der Waals surface area contributed by atoms with E-state index in [9.17, 15) is 13.2 Å². The number of sulfonamides is 1. The molecule has 32 heavy (non-hydrogen) atoms. The molecule has 0 bridgehead atoms. The summed E-state index contributed by atoms with van der Waals surface area (Å²) in [4.78, 5) is 16.6. The Morgan fingerprint density at radius 3 is 2.28 bits per heavy atom. The lowest BCUT2D eigenvalue weighted by Gasteiger charge is -2.10. The Kier molecular flexibility index (Phi) is 7.67. The number of anilines is 1. The quantitative estimate of drug-likeness (QED) is 0.484. The Balaban J connectivity index is 1.60. The third-order valence-electron chi connectivity index (χ3n) is 4.39. The van der Waals surface area contributed by atoms with E-state index in [0.717, 1.165) is 5.56 Å². The van der Waals surface area contributed by atoms with Crippen LogP contribution in [-0.4, -0.2) is 32.5 Å². The van der Waals surface area contributed by atoms with Crippen LogP contribution in [0.5, 0.6) is 11.6 Å². The number of hydrogen-bond acceptors (Lipinski definition) is 6. The summed E-state index contributed by atoms with van der Waals surface area (Å²) in [6, 6.07) is 15.9. The lowest BCUT2D eigenvalue weighted by Crippen LogP contribution is -2.22. The molecule has 3 rings (SSSR count). The Labute approximate surface area is 187 Å². The van der Waals surface area contributed by atoms with E-state index in [1.807, 2.05) is 13.8 Å². The summed E-state index contributed by atoms with van der Waals surface area (Å²) in [6.07, 6.45) is 1.62. The van der Waals surface area contributed by atoms with E-state index >= 15 is 0 Å². The second kappa shape index (κ2) is 10.6. The first-order chi connectivity index (χ1) is 15.4. The number of nitrogens with one attached hydrogen (secondary N) is 2. The predicted molar refractivity (Wildman–Crippen MR) is 121 cm³/mol. The molecular formula is C23H25N3O5S. The molecule has 9 heteroatoms. The summed E-state index contributed by atoms with van der Waals surface area (Å²) in [7, 11) is -3.76. The maximum atomic E-state index is 12.6.